The average molecular weight is 480 g/mol. The maximum absolute atomic E-state index is 13.7. The molecule has 7 heteroatoms. The minimum absolute atomic E-state index is 0.0841. The second-order valence-corrected chi connectivity index (χ2v) is 10.9. The lowest BCUT2D eigenvalue weighted by molar-refractivity contribution is 0.181. The van der Waals surface area contributed by atoms with E-state index in [4.69, 9.17) is 9.47 Å². The molecule has 178 valence electrons. The molecule has 1 fully saturated rings. The highest BCUT2D eigenvalue weighted by Gasteiger charge is 2.44. The number of sulfone groups is 1. The van der Waals surface area contributed by atoms with Crippen molar-refractivity contribution < 1.29 is 23.0 Å². The van der Waals surface area contributed by atoms with Gasteiger partial charge in [0.1, 0.15) is 40.1 Å². The second kappa shape index (κ2) is 9.68. The van der Waals surface area contributed by atoms with Crippen molar-refractivity contribution in [1.82, 2.24) is 4.90 Å². The van der Waals surface area contributed by atoms with Crippen LogP contribution < -0.4 is 9.47 Å². The summed E-state index contributed by atoms with van der Waals surface area (Å²) in [5, 5.41) is 8.78. The molecule has 2 aliphatic rings. The highest BCUT2D eigenvalue weighted by molar-refractivity contribution is 7.91. The predicted octanol–water partition coefficient (Wildman–Crippen LogP) is 4.91. The number of aromatic hydroxyl groups is 1. The van der Waals surface area contributed by atoms with Gasteiger partial charge >= 0.3 is 0 Å². The lowest BCUT2D eigenvalue weighted by Gasteiger charge is -2.34. The third-order valence-electron chi connectivity index (χ3n) is 6.57. The predicted molar refractivity (Wildman–Crippen MR) is 130 cm³/mol. The number of hydrogen-bond donors (Lipinski definition) is 1. The van der Waals surface area contributed by atoms with Gasteiger partial charge in [0, 0.05) is 6.54 Å². The van der Waals surface area contributed by atoms with E-state index < -0.39 is 21.2 Å². The highest BCUT2D eigenvalue weighted by Crippen LogP contribution is 2.49. The average Bonchev–Trinajstić information content (AvgIpc) is 2.86. The summed E-state index contributed by atoms with van der Waals surface area (Å²) in [6, 6.07) is 20.5. The number of piperidine rings is 1. The van der Waals surface area contributed by atoms with Gasteiger partial charge in [-0.15, -0.1) is 0 Å². The van der Waals surface area contributed by atoms with Crippen molar-refractivity contribution in [2.75, 3.05) is 26.2 Å². The molecule has 2 heterocycles. The highest BCUT2D eigenvalue weighted by atomic mass is 32.2. The van der Waals surface area contributed by atoms with Gasteiger partial charge in [-0.3, -0.25) is 4.90 Å². The van der Waals surface area contributed by atoms with Gasteiger partial charge in [0.15, 0.2) is 9.84 Å². The van der Waals surface area contributed by atoms with Crippen LogP contribution in [0.2, 0.25) is 0 Å². The number of rotatable bonds is 6. The summed E-state index contributed by atoms with van der Waals surface area (Å²) >= 11 is 0. The van der Waals surface area contributed by atoms with Crippen LogP contribution in [0.5, 0.6) is 17.2 Å². The Bertz CT molecular complexity index is 1220. The van der Waals surface area contributed by atoms with E-state index in [1.807, 2.05) is 24.3 Å². The van der Waals surface area contributed by atoms with Crippen LogP contribution in [0.25, 0.3) is 0 Å². The fourth-order valence-electron chi connectivity index (χ4n) is 4.77. The molecule has 0 radical (unpaired) electrons. The van der Waals surface area contributed by atoms with Crippen LogP contribution in [0, 0.1) is 0 Å². The molecule has 0 saturated carbocycles. The second-order valence-electron chi connectivity index (χ2n) is 8.86. The standard InChI is InChI=1S/C27H29NO5S/c29-22-12-8-21(9-13-22)27-26(33-24-6-2-3-7-25(24)34(27,30)31)20-10-14-23(15-11-20)32-19-18-28-16-4-1-5-17-28/h2-3,6-15,26-27,29H,1,4-5,16-19H2/t26-,27+/m1/s1. The van der Waals surface area contributed by atoms with E-state index >= 15 is 0 Å². The lowest BCUT2D eigenvalue weighted by Crippen LogP contribution is -2.33. The number of hydrogen-bond acceptors (Lipinski definition) is 6. The van der Waals surface area contributed by atoms with Gasteiger partial charge in [0.25, 0.3) is 0 Å². The number of phenols is 1. The molecule has 0 spiro atoms. The zero-order valence-electron chi connectivity index (χ0n) is 19.0. The minimum atomic E-state index is -3.73. The smallest absolute Gasteiger partial charge is 0.193 e. The number of para-hydroxylation sites is 1. The topological polar surface area (TPSA) is 76.1 Å². The Morgan fingerprint density at radius 2 is 1.56 bits per heavy atom. The molecule has 0 aliphatic carbocycles. The molecule has 0 bridgehead atoms. The monoisotopic (exact) mass is 479 g/mol. The molecule has 3 aromatic carbocycles. The first kappa shape index (κ1) is 22.7. The maximum Gasteiger partial charge on any atom is 0.193 e. The number of benzene rings is 3. The third-order valence-corrected chi connectivity index (χ3v) is 8.71. The van der Waals surface area contributed by atoms with Crippen LogP contribution in [-0.4, -0.2) is 44.7 Å². The Balaban J connectivity index is 1.39. The number of ether oxygens (including phenoxy) is 2. The van der Waals surface area contributed by atoms with E-state index in [-0.39, 0.29) is 10.6 Å². The van der Waals surface area contributed by atoms with Crippen LogP contribution in [-0.2, 0) is 9.84 Å². The van der Waals surface area contributed by atoms with Crippen molar-refractivity contribution in [2.24, 2.45) is 0 Å². The largest absolute Gasteiger partial charge is 0.508 e. The Morgan fingerprint density at radius 3 is 2.29 bits per heavy atom. The number of fused-ring (bicyclic) bond motifs is 1. The summed E-state index contributed by atoms with van der Waals surface area (Å²) in [5.74, 6) is 1.19. The number of nitrogens with zero attached hydrogens (tertiary/aromatic N) is 1. The quantitative estimate of drug-likeness (QED) is 0.542. The summed E-state index contributed by atoms with van der Waals surface area (Å²) in [7, 11) is -3.73. The van der Waals surface area contributed by atoms with Crippen molar-refractivity contribution in [2.45, 2.75) is 35.5 Å². The summed E-state index contributed by atoms with van der Waals surface area (Å²) < 4.78 is 39.5. The molecule has 2 aliphatic heterocycles. The van der Waals surface area contributed by atoms with Gasteiger partial charge in [0.2, 0.25) is 0 Å². The van der Waals surface area contributed by atoms with Gasteiger partial charge in [-0.1, -0.05) is 42.8 Å². The fourth-order valence-corrected chi connectivity index (χ4v) is 6.76. The minimum Gasteiger partial charge on any atom is -0.508 e. The van der Waals surface area contributed by atoms with Crippen molar-refractivity contribution in [1.29, 1.82) is 0 Å². The van der Waals surface area contributed by atoms with Crippen molar-refractivity contribution in [3.05, 3.63) is 83.9 Å². The van der Waals surface area contributed by atoms with Gasteiger partial charge in [-0.2, -0.15) is 0 Å². The number of likely N-dealkylation sites (tertiary alicyclic amines) is 1. The first-order chi connectivity index (χ1) is 16.5. The van der Waals surface area contributed by atoms with E-state index in [1.165, 1.54) is 31.4 Å². The van der Waals surface area contributed by atoms with Crippen molar-refractivity contribution >= 4 is 9.84 Å². The van der Waals surface area contributed by atoms with Crippen molar-refractivity contribution in [3.63, 3.8) is 0 Å². The fraction of sp³-hybridized carbons (Fsp3) is 0.333. The van der Waals surface area contributed by atoms with Crippen LogP contribution in [0.1, 0.15) is 41.7 Å². The Hall–Kier alpha value is -3.03. The van der Waals surface area contributed by atoms with E-state index in [2.05, 4.69) is 4.90 Å². The molecular weight excluding hydrogens is 450 g/mol. The Labute approximate surface area is 200 Å². The van der Waals surface area contributed by atoms with E-state index in [0.29, 0.717) is 17.9 Å². The Kier molecular flexibility index (Phi) is 6.48. The third kappa shape index (κ3) is 4.63. The first-order valence-corrected chi connectivity index (χ1v) is 13.3. The molecule has 3 aromatic rings. The molecule has 34 heavy (non-hydrogen) atoms. The lowest BCUT2D eigenvalue weighted by atomic mass is 10.00. The SMILES string of the molecule is O=S1(=O)c2ccccc2O[C@H](c2ccc(OCCN3CCCCC3)cc2)[C@@H]1c1ccc(O)cc1. The summed E-state index contributed by atoms with van der Waals surface area (Å²) in [6.07, 6.45) is 3.09. The normalized spacial score (nSPS) is 21.9. The van der Waals surface area contributed by atoms with E-state index in [1.54, 1.807) is 36.4 Å². The Morgan fingerprint density at radius 1 is 0.882 bits per heavy atom. The summed E-state index contributed by atoms with van der Waals surface area (Å²) in [6.45, 7) is 3.80. The van der Waals surface area contributed by atoms with Gasteiger partial charge in [-0.25, -0.2) is 8.42 Å². The molecule has 1 N–H and O–H groups in total. The molecule has 6 nitrogen and oxygen atoms in total. The van der Waals surface area contributed by atoms with Gasteiger partial charge in [-0.05, 0) is 73.5 Å². The molecular formula is C27H29NO5S. The van der Waals surface area contributed by atoms with Crippen LogP contribution in [0.15, 0.2) is 77.7 Å². The molecule has 5 rings (SSSR count). The zero-order valence-corrected chi connectivity index (χ0v) is 19.8. The van der Waals surface area contributed by atoms with Gasteiger partial charge in [0.05, 0.1) is 0 Å². The van der Waals surface area contributed by atoms with Gasteiger partial charge < -0.3 is 14.6 Å². The van der Waals surface area contributed by atoms with Crippen LogP contribution >= 0.6 is 0 Å². The first-order valence-electron chi connectivity index (χ1n) is 11.8. The zero-order chi connectivity index (χ0) is 23.5. The number of phenolic OH excluding ortho intramolecular Hbond substituents is 1. The summed E-state index contributed by atoms with van der Waals surface area (Å²) in [4.78, 5) is 2.61. The molecule has 0 unspecified atom stereocenters. The molecule has 1 saturated heterocycles. The molecule has 0 amide bonds. The van der Waals surface area contributed by atoms with Crippen LogP contribution in [0.4, 0.5) is 0 Å². The van der Waals surface area contributed by atoms with Crippen molar-refractivity contribution in [3.8, 4) is 17.2 Å². The molecule has 2 atom stereocenters. The van der Waals surface area contributed by atoms with E-state index in [9.17, 15) is 13.5 Å². The van der Waals surface area contributed by atoms with Crippen LogP contribution in [0.3, 0.4) is 0 Å². The maximum atomic E-state index is 13.7. The molecule has 0 aromatic heterocycles. The summed E-state index contributed by atoms with van der Waals surface area (Å²) in [5.41, 5.74) is 1.32. The van der Waals surface area contributed by atoms with E-state index in [0.717, 1.165) is 30.9 Å².